The molecule has 0 radical (unpaired) electrons. The van der Waals surface area contributed by atoms with Crippen molar-refractivity contribution in [1.29, 1.82) is 0 Å². The maximum atomic E-state index is 10.8. The predicted molar refractivity (Wildman–Crippen MR) is 85.7 cm³/mol. The largest absolute Gasteiger partial charge is 0.298 e. The molecule has 0 bridgehead atoms. The predicted octanol–water partition coefficient (Wildman–Crippen LogP) is 5.28. The van der Waals surface area contributed by atoms with Crippen molar-refractivity contribution in [2.45, 2.75) is 41.5 Å². The summed E-state index contributed by atoms with van der Waals surface area (Å²) in [6, 6.07) is 7.91. The summed E-state index contributed by atoms with van der Waals surface area (Å²) in [6.07, 6.45) is 3.06. The maximum Gasteiger partial charge on any atom is 0.150 e. The Morgan fingerprint density at radius 1 is 1.00 bits per heavy atom. The van der Waals surface area contributed by atoms with Gasteiger partial charge in [0.1, 0.15) is 6.29 Å². The van der Waals surface area contributed by atoms with Gasteiger partial charge in [-0.3, -0.25) is 4.79 Å². The molecule has 0 aromatic heterocycles. The quantitative estimate of drug-likeness (QED) is 0.681. The van der Waals surface area contributed by atoms with Crippen LogP contribution < -0.4 is 0 Å². The molecule has 0 unspecified atom stereocenters. The fourth-order valence-electron chi connectivity index (χ4n) is 3.10. The monoisotopic (exact) mass is 268 g/mol. The van der Waals surface area contributed by atoms with Crippen molar-refractivity contribution in [2.24, 2.45) is 10.8 Å². The van der Waals surface area contributed by atoms with Crippen molar-refractivity contribution in [2.75, 3.05) is 0 Å². The number of hydrogen-bond acceptors (Lipinski definition) is 1. The summed E-state index contributed by atoms with van der Waals surface area (Å²) in [5.41, 5.74) is 6.56. The number of aldehydes is 1. The minimum absolute atomic E-state index is 0.232. The van der Waals surface area contributed by atoms with Gasteiger partial charge in [0, 0.05) is 5.56 Å². The van der Waals surface area contributed by atoms with Crippen LogP contribution in [-0.2, 0) is 0 Å². The van der Waals surface area contributed by atoms with Crippen LogP contribution in [0.3, 0.4) is 0 Å². The van der Waals surface area contributed by atoms with E-state index in [9.17, 15) is 4.79 Å². The lowest BCUT2D eigenvalue weighted by atomic mass is 9.94. The molecule has 0 heterocycles. The highest BCUT2D eigenvalue weighted by atomic mass is 16.1. The van der Waals surface area contributed by atoms with E-state index < -0.39 is 0 Å². The van der Waals surface area contributed by atoms with Crippen molar-refractivity contribution >= 4 is 11.9 Å². The minimum atomic E-state index is 0.232. The Bertz CT molecular complexity index is 579. The molecule has 1 aromatic rings. The van der Waals surface area contributed by atoms with Gasteiger partial charge in [-0.1, -0.05) is 58.0 Å². The minimum Gasteiger partial charge on any atom is -0.298 e. The molecule has 1 aromatic carbocycles. The fourth-order valence-corrected chi connectivity index (χ4v) is 3.10. The number of hydrogen-bond donors (Lipinski definition) is 0. The van der Waals surface area contributed by atoms with Crippen molar-refractivity contribution in [1.82, 2.24) is 0 Å². The molecule has 1 nitrogen and oxygen atoms in total. The first kappa shape index (κ1) is 14.8. The molecule has 0 aliphatic heterocycles. The van der Waals surface area contributed by atoms with Gasteiger partial charge in [-0.15, -0.1) is 0 Å². The number of benzene rings is 1. The molecule has 1 fully saturated rings. The molecule has 0 amide bonds. The number of allylic oxidation sites excluding steroid dienone is 4. The molecular weight excluding hydrogens is 244 g/mol. The highest BCUT2D eigenvalue weighted by Gasteiger charge is 2.61. The molecule has 1 saturated carbocycles. The van der Waals surface area contributed by atoms with E-state index in [-0.39, 0.29) is 10.8 Å². The van der Waals surface area contributed by atoms with Crippen LogP contribution in [0.2, 0.25) is 0 Å². The van der Waals surface area contributed by atoms with E-state index in [1.165, 1.54) is 22.3 Å². The van der Waals surface area contributed by atoms with Crippen molar-refractivity contribution in [3.05, 3.63) is 52.6 Å². The second kappa shape index (κ2) is 4.73. The summed E-state index contributed by atoms with van der Waals surface area (Å²) in [6.45, 7) is 13.5. The summed E-state index contributed by atoms with van der Waals surface area (Å²) in [5.74, 6) is 0. The van der Waals surface area contributed by atoms with Gasteiger partial charge in [-0.05, 0) is 47.0 Å². The zero-order valence-corrected chi connectivity index (χ0v) is 13.4. The van der Waals surface area contributed by atoms with Crippen molar-refractivity contribution < 1.29 is 4.79 Å². The van der Waals surface area contributed by atoms with E-state index >= 15 is 0 Å². The second-order valence-electron chi connectivity index (χ2n) is 6.71. The zero-order chi connectivity index (χ0) is 15.1. The van der Waals surface area contributed by atoms with Crippen LogP contribution in [0.4, 0.5) is 0 Å². The highest BCUT2D eigenvalue weighted by molar-refractivity contribution is 5.87. The van der Waals surface area contributed by atoms with Crippen LogP contribution in [0.25, 0.3) is 5.57 Å². The van der Waals surface area contributed by atoms with Gasteiger partial charge in [0.2, 0.25) is 0 Å². The molecular formula is C19H24O. The lowest BCUT2D eigenvalue weighted by Crippen LogP contribution is -1.95. The average molecular weight is 268 g/mol. The molecule has 0 saturated heterocycles. The van der Waals surface area contributed by atoms with Crippen LogP contribution in [0, 0.1) is 10.8 Å². The second-order valence-corrected chi connectivity index (χ2v) is 6.71. The summed E-state index contributed by atoms with van der Waals surface area (Å²) in [4.78, 5) is 10.8. The molecule has 1 aliphatic rings. The van der Waals surface area contributed by atoms with Gasteiger partial charge < -0.3 is 0 Å². The van der Waals surface area contributed by atoms with E-state index in [4.69, 9.17) is 0 Å². The average Bonchev–Trinajstić information content (AvgIpc) is 2.82. The highest BCUT2D eigenvalue weighted by Crippen LogP contribution is 2.70. The topological polar surface area (TPSA) is 17.1 Å². The number of carbonyl (C=O) groups is 1. The Labute approximate surface area is 122 Å². The van der Waals surface area contributed by atoms with Gasteiger partial charge in [-0.2, -0.15) is 0 Å². The normalized spacial score (nSPS) is 19.7. The Balaban J connectivity index is 2.62. The number of carbonyl (C=O) groups excluding carboxylic acids is 1. The Kier molecular flexibility index (Phi) is 3.49. The summed E-state index contributed by atoms with van der Waals surface area (Å²) < 4.78 is 0. The van der Waals surface area contributed by atoms with Crippen LogP contribution in [0.15, 0.2) is 41.5 Å². The standard InChI is InChI=1S/C19H24O/c1-7-13(2)16(17-18(3,4)19(17,5)6)15-10-8-14(12-20)9-11-15/h7-12H,1-6H3/b13-7+. The molecule has 20 heavy (non-hydrogen) atoms. The molecule has 0 atom stereocenters. The first-order chi connectivity index (χ1) is 9.27. The Hall–Kier alpha value is -1.63. The molecule has 1 heteroatoms. The third kappa shape index (κ3) is 2.06. The van der Waals surface area contributed by atoms with Crippen molar-refractivity contribution in [3.8, 4) is 0 Å². The van der Waals surface area contributed by atoms with E-state index in [0.29, 0.717) is 0 Å². The van der Waals surface area contributed by atoms with E-state index in [2.05, 4.69) is 59.8 Å². The van der Waals surface area contributed by atoms with Gasteiger partial charge >= 0.3 is 0 Å². The first-order valence-corrected chi connectivity index (χ1v) is 7.21. The van der Waals surface area contributed by atoms with Gasteiger partial charge in [-0.25, -0.2) is 0 Å². The van der Waals surface area contributed by atoms with E-state index in [0.717, 1.165) is 11.8 Å². The molecule has 2 rings (SSSR count). The number of rotatable bonds is 3. The van der Waals surface area contributed by atoms with Crippen LogP contribution >= 0.6 is 0 Å². The van der Waals surface area contributed by atoms with Crippen LogP contribution in [0.1, 0.15) is 57.5 Å². The van der Waals surface area contributed by atoms with Gasteiger partial charge in [0.05, 0.1) is 0 Å². The molecule has 106 valence electrons. The molecule has 0 N–H and O–H groups in total. The maximum absolute atomic E-state index is 10.8. The van der Waals surface area contributed by atoms with Crippen LogP contribution in [-0.4, -0.2) is 6.29 Å². The fraction of sp³-hybridized carbons (Fsp3) is 0.421. The third-order valence-corrected chi connectivity index (χ3v) is 5.16. The Morgan fingerprint density at radius 3 is 1.85 bits per heavy atom. The smallest absolute Gasteiger partial charge is 0.150 e. The first-order valence-electron chi connectivity index (χ1n) is 7.21. The summed E-state index contributed by atoms with van der Waals surface area (Å²) >= 11 is 0. The van der Waals surface area contributed by atoms with Gasteiger partial charge in [0.15, 0.2) is 0 Å². The SMILES string of the molecule is C/C=C(\C)C(=C1C(C)(C)C1(C)C)c1ccc(C=O)cc1. The molecule has 0 spiro atoms. The molecule has 1 aliphatic carbocycles. The van der Waals surface area contributed by atoms with Gasteiger partial charge in [0.25, 0.3) is 0 Å². The van der Waals surface area contributed by atoms with E-state index in [1.807, 2.05) is 12.1 Å². The summed E-state index contributed by atoms with van der Waals surface area (Å²) in [7, 11) is 0. The van der Waals surface area contributed by atoms with Crippen molar-refractivity contribution in [3.63, 3.8) is 0 Å². The lowest BCUT2D eigenvalue weighted by Gasteiger charge is -2.10. The summed E-state index contributed by atoms with van der Waals surface area (Å²) in [5, 5.41) is 0. The third-order valence-electron chi connectivity index (χ3n) is 5.16. The van der Waals surface area contributed by atoms with Crippen LogP contribution in [0.5, 0.6) is 0 Å². The van der Waals surface area contributed by atoms with E-state index in [1.54, 1.807) is 0 Å². The zero-order valence-electron chi connectivity index (χ0n) is 13.4. The Morgan fingerprint density at radius 2 is 1.50 bits per heavy atom. The lowest BCUT2D eigenvalue weighted by molar-refractivity contribution is 0.112.